The second-order valence-corrected chi connectivity index (χ2v) is 6.67. The number of nitrogens with one attached hydrogen (secondary N) is 1. The average molecular weight is 249 g/mol. The lowest BCUT2D eigenvalue weighted by atomic mass is 9.90. The van der Waals surface area contributed by atoms with Crippen molar-refractivity contribution in [3.05, 3.63) is 0 Å². The first-order valence-corrected chi connectivity index (χ1v) is 7.47. The van der Waals surface area contributed by atoms with Crippen LogP contribution >= 0.6 is 0 Å². The lowest BCUT2D eigenvalue weighted by molar-refractivity contribution is 0.181. The van der Waals surface area contributed by atoms with Crippen LogP contribution in [0.4, 0.5) is 0 Å². The molecule has 2 aliphatic rings. The molecule has 0 aromatic heterocycles. The molecule has 2 rings (SSSR count). The minimum absolute atomic E-state index is 0.165. The number of nitriles is 1. The molecule has 0 bridgehead atoms. The van der Waals surface area contributed by atoms with Crippen molar-refractivity contribution in [3.8, 4) is 6.07 Å². The maximum absolute atomic E-state index is 9.11. The van der Waals surface area contributed by atoms with Gasteiger partial charge in [0.05, 0.1) is 11.5 Å². The summed E-state index contributed by atoms with van der Waals surface area (Å²) in [6.07, 6.45) is 6.40. The smallest absolute Gasteiger partial charge is 0.0684 e. The Morgan fingerprint density at radius 3 is 2.44 bits per heavy atom. The fourth-order valence-corrected chi connectivity index (χ4v) is 2.74. The van der Waals surface area contributed by atoms with Crippen molar-refractivity contribution in [2.24, 2.45) is 11.3 Å². The predicted molar refractivity (Wildman–Crippen MR) is 74.2 cm³/mol. The molecule has 0 aromatic carbocycles. The molecular formula is C15H27N3. The van der Waals surface area contributed by atoms with Crippen molar-refractivity contribution in [2.75, 3.05) is 26.2 Å². The van der Waals surface area contributed by atoms with E-state index in [4.69, 9.17) is 5.26 Å². The molecule has 1 aliphatic carbocycles. The van der Waals surface area contributed by atoms with Gasteiger partial charge in [-0.05, 0) is 71.5 Å². The minimum atomic E-state index is -0.165. The third-order valence-electron chi connectivity index (χ3n) is 4.34. The molecule has 0 radical (unpaired) electrons. The molecule has 0 spiro atoms. The number of piperidine rings is 1. The Kier molecular flexibility index (Phi) is 4.64. The summed E-state index contributed by atoms with van der Waals surface area (Å²) >= 11 is 0. The molecule has 3 heteroatoms. The summed E-state index contributed by atoms with van der Waals surface area (Å²) < 4.78 is 0. The molecule has 1 N–H and O–H groups in total. The highest BCUT2D eigenvalue weighted by atomic mass is 15.2. The fourth-order valence-electron chi connectivity index (χ4n) is 2.74. The first-order valence-electron chi connectivity index (χ1n) is 7.47. The van der Waals surface area contributed by atoms with Crippen molar-refractivity contribution in [2.45, 2.75) is 52.0 Å². The molecule has 0 unspecified atom stereocenters. The van der Waals surface area contributed by atoms with E-state index in [2.05, 4.69) is 30.1 Å². The first-order chi connectivity index (χ1) is 8.61. The lowest BCUT2D eigenvalue weighted by Gasteiger charge is -2.31. The van der Waals surface area contributed by atoms with Crippen LogP contribution in [0.25, 0.3) is 0 Å². The molecule has 18 heavy (non-hydrogen) atoms. The van der Waals surface area contributed by atoms with Crippen molar-refractivity contribution >= 4 is 0 Å². The van der Waals surface area contributed by atoms with Crippen LogP contribution in [-0.4, -0.2) is 37.1 Å². The molecule has 3 nitrogen and oxygen atoms in total. The van der Waals surface area contributed by atoms with E-state index in [1.165, 1.54) is 45.3 Å². The van der Waals surface area contributed by atoms with E-state index in [1.54, 1.807) is 0 Å². The molecule has 1 saturated heterocycles. The highest BCUT2D eigenvalue weighted by molar-refractivity contribution is 4.94. The number of hydrogen-bond donors (Lipinski definition) is 1. The van der Waals surface area contributed by atoms with Crippen LogP contribution in [0, 0.1) is 22.7 Å². The zero-order valence-electron chi connectivity index (χ0n) is 11.9. The van der Waals surface area contributed by atoms with Gasteiger partial charge in [-0.25, -0.2) is 0 Å². The van der Waals surface area contributed by atoms with Crippen LogP contribution < -0.4 is 5.32 Å². The van der Waals surface area contributed by atoms with E-state index in [1.807, 2.05) is 0 Å². The predicted octanol–water partition coefficient (Wildman–Crippen LogP) is 2.39. The second-order valence-electron chi connectivity index (χ2n) is 6.67. The monoisotopic (exact) mass is 249 g/mol. The van der Waals surface area contributed by atoms with E-state index < -0.39 is 0 Å². The summed E-state index contributed by atoms with van der Waals surface area (Å²) in [4.78, 5) is 2.66. The van der Waals surface area contributed by atoms with E-state index in [9.17, 15) is 0 Å². The van der Waals surface area contributed by atoms with E-state index in [-0.39, 0.29) is 5.41 Å². The van der Waals surface area contributed by atoms with Crippen molar-refractivity contribution in [3.63, 3.8) is 0 Å². The standard InChI is InChI=1S/C15H27N3/c1-15(2,12-16)7-10-18(14-3-4-14)11-13-5-8-17-9-6-13/h13-14,17H,3-11H2,1-2H3. The molecule has 1 saturated carbocycles. The van der Waals surface area contributed by atoms with Gasteiger partial charge in [0, 0.05) is 12.6 Å². The van der Waals surface area contributed by atoms with Crippen LogP contribution in [0.3, 0.4) is 0 Å². The van der Waals surface area contributed by atoms with E-state index >= 15 is 0 Å². The van der Waals surface area contributed by atoms with Crippen molar-refractivity contribution in [1.29, 1.82) is 5.26 Å². The molecule has 0 aromatic rings. The molecule has 102 valence electrons. The Morgan fingerprint density at radius 1 is 1.22 bits per heavy atom. The van der Waals surface area contributed by atoms with Gasteiger partial charge in [-0.2, -0.15) is 5.26 Å². The van der Waals surface area contributed by atoms with Crippen LogP contribution in [0.1, 0.15) is 46.0 Å². The molecule has 2 fully saturated rings. The van der Waals surface area contributed by atoms with Gasteiger partial charge in [0.15, 0.2) is 0 Å². The Hall–Kier alpha value is -0.590. The molecule has 1 heterocycles. The Balaban J connectivity index is 1.79. The van der Waals surface area contributed by atoms with Gasteiger partial charge in [0.25, 0.3) is 0 Å². The summed E-state index contributed by atoms with van der Waals surface area (Å²) in [7, 11) is 0. The summed E-state index contributed by atoms with van der Waals surface area (Å²) in [6, 6.07) is 3.25. The van der Waals surface area contributed by atoms with Crippen LogP contribution in [-0.2, 0) is 0 Å². The summed E-state index contributed by atoms with van der Waals surface area (Å²) in [5.41, 5.74) is -0.165. The van der Waals surface area contributed by atoms with Crippen molar-refractivity contribution < 1.29 is 0 Å². The third-order valence-corrected chi connectivity index (χ3v) is 4.34. The first kappa shape index (κ1) is 13.8. The van der Waals surface area contributed by atoms with Crippen LogP contribution in [0.2, 0.25) is 0 Å². The molecule has 0 atom stereocenters. The van der Waals surface area contributed by atoms with Crippen LogP contribution in [0.15, 0.2) is 0 Å². The minimum Gasteiger partial charge on any atom is -0.317 e. The molecule has 0 amide bonds. The number of rotatable bonds is 6. The highest BCUT2D eigenvalue weighted by Gasteiger charge is 2.31. The van der Waals surface area contributed by atoms with Crippen molar-refractivity contribution in [1.82, 2.24) is 10.2 Å². The summed E-state index contributed by atoms with van der Waals surface area (Å²) in [5, 5.41) is 12.5. The van der Waals surface area contributed by atoms with Crippen LogP contribution in [0.5, 0.6) is 0 Å². The maximum Gasteiger partial charge on any atom is 0.0684 e. The normalized spacial score (nSPS) is 22.1. The zero-order valence-corrected chi connectivity index (χ0v) is 11.9. The SMILES string of the molecule is CC(C)(C#N)CCN(CC1CCNCC1)C1CC1. The topological polar surface area (TPSA) is 39.1 Å². The average Bonchev–Trinajstić information content (AvgIpc) is 3.20. The third kappa shape index (κ3) is 4.26. The van der Waals surface area contributed by atoms with Gasteiger partial charge in [-0.3, -0.25) is 0 Å². The van der Waals surface area contributed by atoms with E-state index in [0.717, 1.165) is 24.9 Å². The van der Waals surface area contributed by atoms with E-state index in [0.29, 0.717) is 0 Å². The largest absolute Gasteiger partial charge is 0.317 e. The fraction of sp³-hybridized carbons (Fsp3) is 0.933. The number of nitrogens with zero attached hydrogens (tertiary/aromatic N) is 2. The second kappa shape index (κ2) is 6.04. The summed E-state index contributed by atoms with van der Waals surface area (Å²) in [5.74, 6) is 0.872. The lowest BCUT2D eigenvalue weighted by Crippen LogP contribution is -2.38. The quantitative estimate of drug-likeness (QED) is 0.785. The highest BCUT2D eigenvalue weighted by Crippen LogP contribution is 2.30. The maximum atomic E-state index is 9.11. The molecule has 1 aliphatic heterocycles. The van der Waals surface area contributed by atoms with Gasteiger partial charge in [0.1, 0.15) is 0 Å². The van der Waals surface area contributed by atoms with Gasteiger partial charge in [0.2, 0.25) is 0 Å². The van der Waals surface area contributed by atoms with Gasteiger partial charge in [-0.1, -0.05) is 0 Å². The van der Waals surface area contributed by atoms with Gasteiger partial charge < -0.3 is 10.2 Å². The summed E-state index contributed by atoms with van der Waals surface area (Å²) in [6.45, 7) is 8.86. The Bertz CT molecular complexity index is 295. The number of hydrogen-bond acceptors (Lipinski definition) is 3. The van der Waals surface area contributed by atoms with Gasteiger partial charge >= 0.3 is 0 Å². The Labute approximate surface area is 112 Å². The zero-order chi connectivity index (χ0) is 13.0. The van der Waals surface area contributed by atoms with Gasteiger partial charge in [-0.15, -0.1) is 0 Å². The molecular weight excluding hydrogens is 222 g/mol. The Morgan fingerprint density at radius 2 is 1.89 bits per heavy atom.